The zero-order chi connectivity index (χ0) is 11.1. The molecule has 0 aromatic carbocycles. The molecule has 0 amide bonds. The quantitative estimate of drug-likeness (QED) is 0.645. The fourth-order valence-electron chi connectivity index (χ4n) is 1.78. The molecule has 0 spiro atoms. The highest BCUT2D eigenvalue weighted by Crippen LogP contribution is 2.25. The summed E-state index contributed by atoms with van der Waals surface area (Å²) in [4.78, 5) is 13.1. The van der Waals surface area contributed by atoms with E-state index >= 15 is 0 Å². The minimum atomic E-state index is 0.723. The predicted octanol–water partition coefficient (Wildman–Crippen LogP) is 2.47. The Morgan fingerprint density at radius 1 is 1.25 bits per heavy atom. The highest BCUT2D eigenvalue weighted by molar-refractivity contribution is 7.09. The van der Waals surface area contributed by atoms with Crippen LogP contribution >= 0.6 is 11.3 Å². The van der Waals surface area contributed by atoms with Crippen molar-refractivity contribution in [1.82, 2.24) is 19.4 Å². The third-order valence-electron chi connectivity index (χ3n) is 2.44. The van der Waals surface area contributed by atoms with Gasteiger partial charge < -0.3 is 0 Å². The summed E-state index contributed by atoms with van der Waals surface area (Å²) in [6.07, 6.45) is 3.71. The number of hydrogen-bond donors (Lipinski definition) is 0. The molecule has 0 atom stereocenters. The summed E-state index contributed by atoms with van der Waals surface area (Å²) in [7, 11) is 0. The van der Waals surface area contributed by atoms with Gasteiger partial charge in [0.25, 0.3) is 0 Å². The summed E-state index contributed by atoms with van der Waals surface area (Å²) in [5.41, 5.74) is 2.97. The highest BCUT2D eigenvalue weighted by atomic mass is 32.1. The number of aromatic nitrogens is 4. The molecular weight excluding hydrogens is 220 g/mol. The Balaban J connectivity index is 2.34. The predicted molar refractivity (Wildman–Crippen MR) is 63.6 cm³/mol. The summed E-state index contributed by atoms with van der Waals surface area (Å²) in [5.74, 6) is 0.723. The van der Waals surface area contributed by atoms with E-state index in [0.717, 1.165) is 27.9 Å². The lowest BCUT2D eigenvalue weighted by Gasteiger charge is -1.97. The maximum absolute atomic E-state index is 4.49. The van der Waals surface area contributed by atoms with Crippen molar-refractivity contribution in [2.75, 3.05) is 0 Å². The van der Waals surface area contributed by atoms with Crippen molar-refractivity contribution in [2.45, 2.75) is 13.8 Å². The van der Waals surface area contributed by atoms with Crippen LogP contribution in [0.1, 0.15) is 10.7 Å². The van der Waals surface area contributed by atoms with E-state index in [1.165, 1.54) is 0 Å². The molecule has 0 radical (unpaired) electrons. The molecule has 0 aliphatic rings. The van der Waals surface area contributed by atoms with E-state index in [-0.39, 0.29) is 0 Å². The van der Waals surface area contributed by atoms with Crippen LogP contribution in [-0.4, -0.2) is 19.4 Å². The molecule has 3 rings (SSSR count). The van der Waals surface area contributed by atoms with Crippen LogP contribution in [0.25, 0.3) is 17.2 Å². The van der Waals surface area contributed by atoms with Gasteiger partial charge in [0.05, 0.1) is 16.4 Å². The average Bonchev–Trinajstić information content (AvgIpc) is 2.80. The van der Waals surface area contributed by atoms with Gasteiger partial charge in [-0.25, -0.2) is 15.0 Å². The highest BCUT2D eigenvalue weighted by Gasteiger charge is 2.13. The first-order valence-electron chi connectivity index (χ1n) is 4.98. The van der Waals surface area contributed by atoms with E-state index < -0.39 is 0 Å². The Morgan fingerprint density at radius 3 is 2.88 bits per heavy atom. The second-order valence-corrected chi connectivity index (χ2v) is 4.65. The van der Waals surface area contributed by atoms with Crippen LogP contribution in [0.15, 0.2) is 23.8 Å². The minimum Gasteiger partial charge on any atom is -0.282 e. The molecule has 0 N–H and O–H groups in total. The van der Waals surface area contributed by atoms with Crippen molar-refractivity contribution in [2.24, 2.45) is 0 Å². The number of fused-ring (bicyclic) bond motifs is 1. The van der Waals surface area contributed by atoms with Gasteiger partial charge in [-0.2, -0.15) is 0 Å². The smallest absolute Gasteiger partial charge is 0.234 e. The third-order valence-corrected chi connectivity index (χ3v) is 3.21. The van der Waals surface area contributed by atoms with Gasteiger partial charge in [0.1, 0.15) is 5.69 Å². The number of hydrogen-bond acceptors (Lipinski definition) is 4. The monoisotopic (exact) mass is 230 g/mol. The molecule has 0 aliphatic heterocycles. The fourth-order valence-corrected chi connectivity index (χ4v) is 2.38. The number of aryl methyl sites for hydroxylation is 2. The summed E-state index contributed by atoms with van der Waals surface area (Å²) in [5, 5.41) is 3.12. The van der Waals surface area contributed by atoms with Gasteiger partial charge in [0.15, 0.2) is 0 Å². The van der Waals surface area contributed by atoms with E-state index in [4.69, 9.17) is 0 Å². The Labute approximate surface area is 96.6 Å². The van der Waals surface area contributed by atoms with Gasteiger partial charge in [-0.05, 0) is 19.9 Å². The van der Waals surface area contributed by atoms with Gasteiger partial charge in [-0.15, -0.1) is 11.3 Å². The third kappa shape index (κ3) is 1.32. The normalized spacial score (nSPS) is 11.1. The molecule has 0 fully saturated rings. The molecule has 0 unspecified atom stereocenters. The molecule has 80 valence electrons. The molecule has 3 aromatic rings. The van der Waals surface area contributed by atoms with E-state index in [1.807, 2.05) is 30.5 Å². The van der Waals surface area contributed by atoms with Gasteiger partial charge >= 0.3 is 0 Å². The van der Waals surface area contributed by atoms with E-state index in [0.29, 0.717) is 0 Å². The molecule has 16 heavy (non-hydrogen) atoms. The lowest BCUT2D eigenvalue weighted by molar-refractivity contribution is 1.10. The summed E-state index contributed by atoms with van der Waals surface area (Å²) in [6, 6.07) is 1.90. The minimum absolute atomic E-state index is 0.723. The van der Waals surface area contributed by atoms with Crippen molar-refractivity contribution >= 4 is 17.1 Å². The van der Waals surface area contributed by atoms with E-state index in [9.17, 15) is 0 Å². The Kier molecular flexibility index (Phi) is 2.00. The van der Waals surface area contributed by atoms with Crippen molar-refractivity contribution in [1.29, 1.82) is 0 Å². The molecule has 0 bridgehead atoms. The van der Waals surface area contributed by atoms with Crippen molar-refractivity contribution in [3.8, 4) is 11.4 Å². The Bertz CT molecular complexity index is 653. The van der Waals surface area contributed by atoms with Gasteiger partial charge in [0.2, 0.25) is 5.78 Å². The lowest BCUT2D eigenvalue weighted by atomic mass is 10.3. The maximum Gasteiger partial charge on any atom is 0.234 e. The van der Waals surface area contributed by atoms with Crippen LogP contribution in [0, 0.1) is 13.8 Å². The van der Waals surface area contributed by atoms with Gasteiger partial charge in [0, 0.05) is 17.8 Å². The van der Waals surface area contributed by atoms with Crippen LogP contribution in [0.2, 0.25) is 0 Å². The largest absolute Gasteiger partial charge is 0.282 e. The first-order chi connectivity index (χ1) is 7.75. The number of nitrogens with zero attached hydrogens (tertiary/aromatic N) is 4. The molecular formula is C11H10N4S. The molecule has 4 nitrogen and oxygen atoms in total. The van der Waals surface area contributed by atoms with E-state index in [1.54, 1.807) is 17.5 Å². The topological polar surface area (TPSA) is 43.1 Å². The zero-order valence-electron chi connectivity index (χ0n) is 9.01. The molecule has 0 saturated carbocycles. The molecule has 3 aromatic heterocycles. The zero-order valence-corrected chi connectivity index (χ0v) is 9.82. The van der Waals surface area contributed by atoms with Crippen LogP contribution in [0.5, 0.6) is 0 Å². The second-order valence-electron chi connectivity index (χ2n) is 3.59. The van der Waals surface area contributed by atoms with Gasteiger partial charge in [-0.3, -0.25) is 4.40 Å². The summed E-state index contributed by atoms with van der Waals surface area (Å²) >= 11 is 1.65. The molecule has 0 saturated heterocycles. The summed E-state index contributed by atoms with van der Waals surface area (Å²) in [6.45, 7) is 3.99. The standard InChI is InChI=1S/C11H10N4S/c1-7-10(9-6-16-8(2)14-9)15-5-3-4-12-11(15)13-7/h3-6H,1-2H3. The van der Waals surface area contributed by atoms with Crippen LogP contribution in [-0.2, 0) is 0 Å². The SMILES string of the molecule is Cc1nc(-c2c(C)nc3ncccn23)cs1. The summed E-state index contributed by atoms with van der Waals surface area (Å²) < 4.78 is 1.98. The number of rotatable bonds is 1. The maximum atomic E-state index is 4.49. The second kappa shape index (κ2) is 3.38. The van der Waals surface area contributed by atoms with Crippen molar-refractivity contribution < 1.29 is 0 Å². The number of thiazole rings is 1. The lowest BCUT2D eigenvalue weighted by Crippen LogP contribution is -1.90. The first kappa shape index (κ1) is 9.47. The fraction of sp³-hybridized carbons (Fsp3) is 0.182. The molecule has 0 aliphatic carbocycles. The van der Waals surface area contributed by atoms with Crippen molar-refractivity contribution in [3.63, 3.8) is 0 Å². The van der Waals surface area contributed by atoms with E-state index in [2.05, 4.69) is 20.3 Å². The number of imidazole rings is 1. The van der Waals surface area contributed by atoms with Crippen LogP contribution in [0.3, 0.4) is 0 Å². The Morgan fingerprint density at radius 2 is 2.12 bits per heavy atom. The average molecular weight is 230 g/mol. The first-order valence-corrected chi connectivity index (χ1v) is 5.86. The van der Waals surface area contributed by atoms with Crippen LogP contribution < -0.4 is 0 Å². The van der Waals surface area contributed by atoms with Crippen LogP contribution in [0.4, 0.5) is 0 Å². The Hall–Kier alpha value is -1.75. The van der Waals surface area contributed by atoms with Gasteiger partial charge in [-0.1, -0.05) is 0 Å². The molecule has 5 heteroatoms. The molecule has 3 heterocycles. The van der Waals surface area contributed by atoms with Crippen molar-refractivity contribution in [3.05, 3.63) is 34.5 Å².